The van der Waals surface area contributed by atoms with Crippen molar-refractivity contribution in [1.29, 1.82) is 5.26 Å². The van der Waals surface area contributed by atoms with Gasteiger partial charge in [-0.2, -0.15) is 5.26 Å². The normalized spacial score (nSPS) is 15.1. The van der Waals surface area contributed by atoms with E-state index in [1.807, 2.05) is 13.0 Å². The third kappa shape index (κ3) is 4.84. The molecular weight excluding hydrogens is 406 g/mol. The molecule has 4 nitrogen and oxygen atoms in total. The average molecular weight is 434 g/mol. The highest BCUT2D eigenvalue weighted by Gasteiger charge is 2.31. The lowest BCUT2D eigenvalue weighted by atomic mass is 9.86. The Morgan fingerprint density at radius 1 is 1.23 bits per heavy atom. The van der Waals surface area contributed by atoms with Gasteiger partial charge in [-0.25, -0.2) is 0 Å². The molecule has 1 heterocycles. The summed E-state index contributed by atoms with van der Waals surface area (Å²) >= 11 is 5.90. The first-order chi connectivity index (χ1) is 14.7. The van der Waals surface area contributed by atoms with Crippen LogP contribution in [-0.2, 0) is 4.79 Å². The molecule has 0 unspecified atom stereocenters. The summed E-state index contributed by atoms with van der Waals surface area (Å²) in [5.74, 6) is -0.442. The zero-order valence-electron chi connectivity index (χ0n) is 18.7. The van der Waals surface area contributed by atoms with Crippen molar-refractivity contribution >= 4 is 40.5 Å². The minimum absolute atomic E-state index is 0.0567. The molecule has 0 bridgehead atoms. The Morgan fingerprint density at radius 3 is 2.52 bits per heavy atom. The number of nitrogens with zero attached hydrogens (tertiary/aromatic N) is 2. The molecule has 2 aromatic rings. The molecule has 0 aromatic heterocycles. The van der Waals surface area contributed by atoms with Crippen LogP contribution < -0.4 is 10.2 Å². The highest BCUT2D eigenvalue weighted by atomic mass is 35.5. The summed E-state index contributed by atoms with van der Waals surface area (Å²) < 4.78 is 0. The van der Waals surface area contributed by atoms with Crippen LogP contribution in [-0.4, -0.2) is 18.0 Å². The van der Waals surface area contributed by atoms with E-state index in [9.17, 15) is 10.1 Å². The second kappa shape index (κ2) is 8.99. The first kappa shape index (κ1) is 22.7. The molecule has 1 aliphatic heterocycles. The molecule has 0 saturated heterocycles. The molecular formula is C26H28ClN3O. The number of anilines is 2. The molecule has 0 radical (unpaired) electrons. The van der Waals surface area contributed by atoms with Crippen molar-refractivity contribution in [1.82, 2.24) is 0 Å². The number of carbonyl (C=O) groups is 1. The number of halogens is 1. The predicted molar refractivity (Wildman–Crippen MR) is 130 cm³/mol. The SMILES string of the molecule is CCCN1c2cc(C)c(/C=C(\C#N)C(=O)Nc3ccc(Cl)cc3)cc2C(C)=CC1(C)C. The Kier molecular flexibility index (Phi) is 6.57. The van der Waals surface area contributed by atoms with Crippen LogP contribution in [0, 0.1) is 18.3 Å². The summed E-state index contributed by atoms with van der Waals surface area (Å²) in [6.07, 6.45) is 5.00. The fourth-order valence-electron chi connectivity index (χ4n) is 4.07. The molecule has 1 aliphatic rings. The van der Waals surface area contributed by atoms with Crippen molar-refractivity contribution < 1.29 is 4.79 Å². The minimum Gasteiger partial charge on any atom is -0.362 e. The Bertz CT molecular complexity index is 1100. The third-order valence-electron chi connectivity index (χ3n) is 5.58. The smallest absolute Gasteiger partial charge is 0.266 e. The van der Waals surface area contributed by atoms with E-state index in [4.69, 9.17) is 11.6 Å². The number of amides is 1. The number of nitrogens with one attached hydrogen (secondary N) is 1. The highest BCUT2D eigenvalue weighted by Crippen LogP contribution is 2.40. The van der Waals surface area contributed by atoms with Gasteiger partial charge in [-0.05, 0) is 93.3 Å². The maximum absolute atomic E-state index is 12.7. The zero-order valence-corrected chi connectivity index (χ0v) is 19.5. The largest absolute Gasteiger partial charge is 0.362 e. The number of rotatable bonds is 5. The lowest BCUT2D eigenvalue weighted by Gasteiger charge is -2.43. The molecule has 31 heavy (non-hydrogen) atoms. The number of hydrogen-bond acceptors (Lipinski definition) is 3. The Morgan fingerprint density at radius 2 is 1.90 bits per heavy atom. The third-order valence-corrected chi connectivity index (χ3v) is 5.83. The van der Waals surface area contributed by atoms with Crippen molar-refractivity contribution in [2.45, 2.75) is 46.6 Å². The van der Waals surface area contributed by atoms with Gasteiger partial charge in [-0.3, -0.25) is 4.79 Å². The van der Waals surface area contributed by atoms with Crippen LogP contribution in [0.4, 0.5) is 11.4 Å². The number of allylic oxidation sites excluding steroid dienone is 1. The summed E-state index contributed by atoms with van der Waals surface area (Å²) in [4.78, 5) is 15.1. The molecule has 2 aromatic carbocycles. The maximum Gasteiger partial charge on any atom is 0.266 e. The van der Waals surface area contributed by atoms with Gasteiger partial charge in [-0.15, -0.1) is 0 Å². The van der Waals surface area contributed by atoms with Gasteiger partial charge < -0.3 is 10.2 Å². The van der Waals surface area contributed by atoms with Gasteiger partial charge in [0.1, 0.15) is 11.6 Å². The van der Waals surface area contributed by atoms with Gasteiger partial charge in [-0.1, -0.05) is 24.6 Å². The second-order valence-electron chi connectivity index (χ2n) is 8.49. The van der Waals surface area contributed by atoms with E-state index < -0.39 is 5.91 Å². The Labute approximate surface area is 189 Å². The predicted octanol–water partition coefficient (Wildman–Crippen LogP) is 6.61. The molecule has 1 N–H and O–H groups in total. The Balaban J connectivity index is 1.98. The molecule has 160 valence electrons. The molecule has 5 heteroatoms. The first-order valence-corrected chi connectivity index (χ1v) is 10.8. The fraction of sp³-hybridized carbons (Fsp3) is 0.308. The lowest BCUT2D eigenvalue weighted by molar-refractivity contribution is -0.112. The van der Waals surface area contributed by atoms with Crippen LogP contribution in [0.3, 0.4) is 0 Å². The lowest BCUT2D eigenvalue weighted by Crippen LogP contribution is -2.45. The van der Waals surface area contributed by atoms with Crippen LogP contribution in [0.15, 0.2) is 48.0 Å². The summed E-state index contributed by atoms with van der Waals surface area (Å²) in [7, 11) is 0. The fourth-order valence-corrected chi connectivity index (χ4v) is 4.19. The number of benzene rings is 2. The quantitative estimate of drug-likeness (QED) is 0.426. The molecule has 1 amide bonds. The molecule has 0 saturated carbocycles. The first-order valence-electron chi connectivity index (χ1n) is 10.5. The summed E-state index contributed by atoms with van der Waals surface area (Å²) in [5.41, 5.74) is 6.02. The van der Waals surface area contributed by atoms with E-state index in [1.165, 1.54) is 11.3 Å². The van der Waals surface area contributed by atoms with E-state index in [2.05, 4.69) is 56.1 Å². The summed E-state index contributed by atoms with van der Waals surface area (Å²) in [5, 5.41) is 13.0. The van der Waals surface area contributed by atoms with E-state index in [0.29, 0.717) is 10.7 Å². The van der Waals surface area contributed by atoms with Crippen LogP contribution in [0.5, 0.6) is 0 Å². The van der Waals surface area contributed by atoms with Crippen LogP contribution in [0.2, 0.25) is 5.02 Å². The summed E-state index contributed by atoms with van der Waals surface area (Å²) in [6.45, 7) is 11.7. The zero-order chi connectivity index (χ0) is 22.8. The number of aryl methyl sites for hydroxylation is 1. The Hall–Kier alpha value is -3.03. The topological polar surface area (TPSA) is 56.1 Å². The molecule has 0 spiro atoms. The number of carbonyl (C=O) groups excluding carboxylic acids is 1. The van der Waals surface area contributed by atoms with E-state index >= 15 is 0 Å². The molecule has 3 rings (SSSR count). The monoisotopic (exact) mass is 433 g/mol. The van der Waals surface area contributed by atoms with E-state index in [0.717, 1.165) is 29.7 Å². The van der Waals surface area contributed by atoms with Crippen LogP contribution >= 0.6 is 11.6 Å². The van der Waals surface area contributed by atoms with Crippen molar-refractivity contribution in [2.24, 2.45) is 0 Å². The average Bonchev–Trinajstić information content (AvgIpc) is 2.71. The second-order valence-corrected chi connectivity index (χ2v) is 8.93. The van der Waals surface area contributed by atoms with Gasteiger partial charge in [0, 0.05) is 28.5 Å². The van der Waals surface area contributed by atoms with Gasteiger partial charge >= 0.3 is 0 Å². The molecule has 0 fully saturated rings. The van der Waals surface area contributed by atoms with Crippen molar-refractivity contribution in [3.8, 4) is 6.07 Å². The van der Waals surface area contributed by atoms with E-state index in [1.54, 1.807) is 30.3 Å². The number of hydrogen-bond donors (Lipinski definition) is 1. The van der Waals surface area contributed by atoms with E-state index in [-0.39, 0.29) is 11.1 Å². The maximum atomic E-state index is 12.7. The van der Waals surface area contributed by atoms with Crippen molar-refractivity contribution in [2.75, 3.05) is 16.8 Å². The van der Waals surface area contributed by atoms with Crippen LogP contribution in [0.25, 0.3) is 11.6 Å². The van der Waals surface area contributed by atoms with Gasteiger partial charge in [0.15, 0.2) is 0 Å². The van der Waals surface area contributed by atoms with Gasteiger partial charge in [0.25, 0.3) is 5.91 Å². The standard InChI is InChI=1S/C26H28ClN3O/c1-6-11-30-24-12-17(2)19(14-23(24)18(3)15-26(30,4)5)13-20(16-28)25(31)29-22-9-7-21(27)8-10-22/h7-10,12-15H,6,11H2,1-5H3,(H,29,31)/b20-13+. The van der Waals surface area contributed by atoms with Gasteiger partial charge in [0.2, 0.25) is 0 Å². The van der Waals surface area contributed by atoms with Crippen molar-refractivity contribution in [3.63, 3.8) is 0 Å². The van der Waals surface area contributed by atoms with Crippen LogP contribution in [0.1, 0.15) is 50.8 Å². The van der Waals surface area contributed by atoms with Crippen molar-refractivity contribution in [3.05, 3.63) is 69.8 Å². The molecule has 0 aliphatic carbocycles. The summed E-state index contributed by atoms with van der Waals surface area (Å²) in [6, 6.07) is 13.1. The number of nitriles is 1. The number of fused-ring (bicyclic) bond motifs is 1. The highest BCUT2D eigenvalue weighted by molar-refractivity contribution is 6.30. The molecule has 0 atom stereocenters. The minimum atomic E-state index is -0.442. The van der Waals surface area contributed by atoms with Gasteiger partial charge in [0.05, 0.1) is 5.54 Å².